The zero-order valence-electron chi connectivity index (χ0n) is 10.6. The molecule has 2 N–H and O–H groups in total. The van der Waals surface area contributed by atoms with E-state index in [0.717, 1.165) is 26.1 Å². The first-order valence-electron chi connectivity index (χ1n) is 6.09. The summed E-state index contributed by atoms with van der Waals surface area (Å²) < 4.78 is 5.38. The van der Waals surface area contributed by atoms with E-state index in [2.05, 4.69) is 32.0 Å². The Kier molecular flexibility index (Phi) is 5.44. The van der Waals surface area contributed by atoms with E-state index in [4.69, 9.17) is 10.5 Å². The molecule has 0 amide bonds. The smallest absolute Gasteiger partial charge is 0.0469 e. The lowest BCUT2D eigenvalue weighted by Crippen LogP contribution is -2.28. The van der Waals surface area contributed by atoms with Crippen LogP contribution < -0.4 is 5.73 Å². The first kappa shape index (κ1) is 14.5. The molecule has 0 aliphatic carbocycles. The minimum atomic E-state index is 0. The third-order valence-corrected chi connectivity index (χ3v) is 3.78. The SMILES string of the molecule is Cc1cccc([C@@H](N)C2CCOCC2)c1C.Cl. The lowest BCUT2D eigenvalue weighted by molar-refractivity contribution is 0.0583. The fourth-order valence-electron chi connectivity index (χ4n) is 2.46. The van der Waals surface area contributed by atoms with Crippen LogP contribution in [0.5, 0.6) is 0 Å². The number of nitrogens with two attached hydrogens (primary N) is 1. The van der Waals surface area contributed by atoms with Crippen LogP contribution in [-0.4, -0.2) is 13.2 Å². The van der Waals surface area contributed by atoms with Gasteiger partial charge in [0.15, 0.2) is 0 Å². The molecule has 1 aromatic rings. The molecule has 0 unspecified atom stereocenters. The summed E-state index contributed by atoms with van der Waals surface area (Å²) in [7, 11) is 0. The summed E-state index contributed by atoms with van der Waals surface area (Å²) in [5, 5.41) is 0. The fourth-order valence-corrected chi connectivity index (χ4v) is 2.46. The van der Waals surface area contributed by atoms with Crippen molar-refractivity contribution in [2.75, 3.05) is 13.2 Å². The molecule has 0 radical (unpaired) electrons. The number of benzene rings is 1. The van der Waals surface area contributed by atoms with Crippen molar-refractivity contribution in [3.05, 3.63) is 34.9 Å². The van der Waals surface area contributed by atoms with E-state index in [9.17, 15) is 0 Å². The maximum atomic E-state index is 6.38. The molecule has 17 heavy (non-hydrogen) atoms. The van der Waals surface area contributed by atoms with Gasteiger partial charge in [-0.1, -0.05) is 18.2 Å². The molecule has 1 saturated heterocycles. The van der Waals surface area contributed by atoms with Crippen LogP contribution in [0.1, 0.15) is 35.6 Å². The Morgan fingerprint density at radius 3 is 2.53 bits per heavy atom. The Balaban J connectivity index is 0.00000144. The monoisotopic (exact) mass is 255 g/mol. The molecule has 96 valence electrons. The van der Waals surface area contributed by atoms with Crippen LogP contribution in [0.4, 0.5) is 0 Å². The summed E-state index contributed by atoms with van der Waals surface area (Å²) >= 11 is 0. The van der Waals surface area contributed by atoms with Crippen molar-refractivity contribution in [2.24, 2.45) is 11.7 Å². The molecule has 0 saturated carbocycles. The highest BCUT2D eigenvalue weighted by molar-refractivity contribution is 5.85. The summed E-state index contributed by atoms with van der Waals surface area (Å²) in [6.45, 7) is 6.05. The van der Waals surface area contributed by atoms with Gasteiger partial charge in [0.2, 0.25) is 0 Å². The van der Waals surface area contributed by atoms with Gasteiger partial charge in [-0.15, -0.1) is 12.4 Å². The van der Waals surface area contributed by atoms with E-state index in [-0.39, 0.29) is 18.4 Å². The second kappa shape index (κ2) is 6.39. The van der Waals surface area contributed by atoms with Crippen LogP contribution in [0.15, 0.2) is 18.2 Å². The number of hydrogen-bond donors (Lipinski definition) is 1. The molecule has 0 spiro atoms. The number of rotatable bonds is 2. The van der Waals surface area contributed by atoms with Gasteiger partial charge in [-0.2, -0.15) is 0 Å². The average Bonchev–Trinajstić information content (AvgIpc) is 2.33. The molecule has 2 nitrogen and oxygen atoms in total. The van der Waals surface area contributed by atoms with Gasteiger partial charge in [0, 0.05) is 19.3 Å². The Morgan fingerprint density at radius 2 is 1.88 bits per heavy atom. The first-order chi connectivity index (χ1) is 7.70. The largest absolute Gasteiger partial charge is 0.381 e. The molecule has 1 fully saturated rings. The predicted octanol–water partition coefficient (Wildman–Crippen LogP) is 3.15. The number of halogens is 1. The van der Waals surface area contributed by atoms with E-state index in [0.29, 0.717) is 5.92 Å². The zero-order valence-corrected chi connectivity index (χ0v) is 11.4. The maximum absolute atomic E-state index is 6.38. The topological polar surface area (TPSA) is 35.2 Å². The van der Waals surface area contributed by atoms with E-state index < -0.39 is 0 Å². The van der Waals surface area contributed by atoms with Crippen molar-refractivity contribution < 1.29 is 4.74 Å². The molecule has 0 bridgehead atoms. The molecule has 1 heterocycles. The van der Waals surface area contributed by atoms with Crippen LogP contribution in [0.25, 0.3) is 0 Å². The predicted molar refractivity (Wildman–Crippen MR) is 73.6 cm³/mol. The standard InChI is InChI=1S/C14H21NO.ClH/c1-10-4-3-5-13(11(10)2)14(15)12-6-8-16-9-7-12;/h3-5,12,14H,6-9,15H2,1-2H3;1H/t14-;/m0./s1. The second-order valence-corrected chi connectivity index (χ2v) is 4.76. The number of aryl methyl sites for hydroxylation is 1. The lowest BCUT2D eigenvalue weighted by Gasteiger charge is -2.29. The molecule has 2 rings (SSSR count). The van der Waals surface area contributed by atoms with Gasteiger partial charge >= 0.3 is 0 Å². The van der Waals surface area contributed by atoms with Gasteiger partial charge in [0.1, 0.15) is 0 Å². The number of hydrogen-bond acceptors (Lipinski definition) is 2. The average molecular weight is 256 g/mol. The molecule has 1 aromatic carbocycles. The molecule has 1 aliphatic heterocycles. The molecule has 3 heteroatoms. The summed E-state index contributed by atoms with van der Waals surface area (Å²) in [5.41, 5.74) is 10.4. The minimum Gasteiger partial charge on any atom is -0.381 e. The van der Waals surface area contributed by atoms with Crippen LogP contribution in [0.3, 0.4) is 0 Å². The highest BCUT2D eigenvalue weighted by atomic mass is 35.5. The summed E-state index contributed by atoms with van der Waals surface area (Å²) in [4.78, 5) is 0. The second-order valence-electron chi connectivity index (χ2n) is 4.76. The van der Waals surface area contributed by atoms with Crippen molar-refractivity contribution in [3.8, 4) is 0 Å². The van der Waals surface area contributed by atoms with Crippen LogP contribution in [0, 0.1) is 19.8 Å². The van der Waals surface area contributed by atoms with E-state index in [1.54, 1.807) is 0 Å². The maximum Gasteiger partial charge on any atom is 0.0469 e. The third-order valence-electron chi connectivity index (χ3n) is 3.78. The summed E-state index contributed by atoms with van der Waals surface area (Å²) in [5.74, 6) is 0.578. The van der Waals surface area contributed by atoms with Gasteiger partial charge < -0.3 is 10.5 Å². The van der Waals surface area contributed by atoms with E-state index in [1.165, 1.54) is 16.7 Å². The van der Waals surface area contributed by atoms with Crippen LogP contribution >= 0.6 is 12.4 Å². The van der Waals surface area contributed by atoms with Gasteiger partial charge in [-0.3, -0.25) is 0 Å². The normalized spacial score (nSPS) is 18.5. The van der Waals surface area contributed by atoms with Gasteiger partial charge in [0.05, 0.1) is 0 Å². The van der Waals surface area contributed by atoms with Crippen molar-refractivity contribution in [3.63, 3.8) is 0 Å². The van der Waals surface area contributed by atoms with Crippen LogP contribution in [0.2, 0.25) is 0 Å². The zero-order chi connectivity index (χ0) is 11.5. The van der Waals surface area contributed by atoms with Gasteiger partial charge in [-0.05, 0) is 49.3 Å². The Bertz CT molecular complexity index is 361. The third kappa shape index (κ3) is 3.21. The van der Waals surface area contributed by atoms with E-state index >= 15 is 0 Å². The fraction of sp³-hybridized carbons (Fsp3) is 0.571. The first-order valence-corrected chi connectivity index (χ1v) is 6.09. The Morgan fingerprint density at radius 1 is 1.24 bits per heavy atom. The molecule has 1 aliphatic rings. The van der Waals surface area contributed by atoms with Gasteiger partial charge in [0.25, 0.3) is 0 Å². The van der Waals surface area contributed by atoms with Crippen molar-refractivity contribution in [2.45, 2.75) is 32.7 Å². The quantitative estimate of drug-likeness (QED) is 0.881. The molecule has 1 atom stereocenters. The van der Waals surface area contributed by atoms with Crippen molar-refractivity contribution >= 4 is 12.4 Å². The van der Waals surface area contributed by atoms with E-state index in [1.807, 2.05) is 0 Å². The molecular formula is C14H22ClNO. The Hall–Kier alpha value is -0.570. The van der Waals surface area contributed by atoms with Crippen LogP contribution in [-0.2, 0) is 4.74 Å². The Labute approximate surface area is 110 Å². The van der Waals surface area contributed by atoms with Gasteiger partial charge in [-0.25, -0.2) is 0 Å². The minimum absolute atomic E-state index is 0. The summed E-state index contributed by atoms with van der Waals surface area (Å²) in [6, 6.07) is 6.60. The molecular weight excluding hydrogens is 234 g/mol. The lowest BCUT2D eigenvalue weighted by atomic mass is 9.85. The number of ether oxygens (including phenoxy) is 1. The molecule has 0 aromatic heterocycles. The highest BCUT2D eigenvalue weighted by Crippen LogP contribution is 2.30. The van der Waals surface area contributed by atoms with Crippen molar-refractivity contribution in [1.82, 2.24) is 0 Å². The highest BCUT2D eigenvalue weighted by Gasteiger charge is 2.23. The summed E-state index contributed by atoms with van der Waals surface area (Å²) in [6.07, 6.45) is 2.18. The van der Waals surface area contributed by atoms with Crippen molar-refractivity contribution in [1.29, 1.82) is 0 Å².